The number of hydrogen-bond acceptors (Lipinski definition) is 4. The molecule has 1 rings (SSSR count). The lowest BCUT2D eigenvalue weighted by Gasteiger charge is -2.22. The number of rotatable bonds is 4. The molecule has 0 aromatic carbocycles. The van der Waals surface area contributed by atoms with Gasteiger partial charge in [0.2, 0.25) is 0 Å². The number of aromatic nitrogens is 1. The number of nitrogens with two attached hydrogens (primary N) is 1. The minimum Gasteiger partial charge on any atom is -0.354 e. The summed E-state index contributed by atoms with van der Waals surface area (Å²) >= 11 is 1.41. The lowest BCUT2D eigenvalue weighted by Crippen LogP contribution is -2.45. The molecule has 0 aliphatic rings. The van der Waals surface area contributed by atoms with Gasteiger partial charge >= 0.3 is 0 Å². The minimum absolute atomic E-state index is 0.155. The fraction of sp³-hybridized carbons (Fsp3) is 0.700. The van der Waals surface area contributed by atoms with E-state index >= 15 is 0 Å². The zero-order valence-corrected chi connectivity index (χ0v) is 10.7. The van der Waals surface area contributed by atoms with Gasteiger partial charge in [0, 0.05) is 25.4 Å². The van der Waals surface area contributed by atoms with Crippen LogP contribution < -0.4 is 10.6 Å². The van der Waals surface area contributed by atoms with E-state index in [9.17, 15) is 8.78 Å². The van der Waals surface area contributed by atoms with Crippen LogP contribution >= 0.6 is 11.3 Å². The summed E-state index contributed by atoms with van der Waals surface area (Å²) in [6, 6.07) is 0. The van der Waals surface area contributed by atoms with Gasteiger partial charge in [-0.05, 0) is 13.8 Å². The zero-order chi connectivity index (χ0) is 12.5. The SMILES string of the molecule is Cc1nc(N(C)C)sc1CC(C)(N)C(F)F. The average molecular weight is 249 g/mol. The first-order valence-electron chi connectivity index (χ1n) is 4.94. The fourth-order valence-electron chi connectivity index (χ4n) is 1.19. The number of thiazole rings is 1. The van der Waals surface area contributed by atoms with Crippen molar-refractivity contribution in [3.63, 3.8) is 0 Å². The van der Waals surface area contributed by atoms with Crippen LogP contribution in [0.3, 0.4) is 0 Å². The van der Waals surface area contributed by atoms with Crippen LogP contribution in [0.1, 0.15) is 17.5 Å². The Balaban J connectivity index is 2.89. The van der Waals surface area contributed by atoms with Crippen molar-refractivity contribution in [2.45, 2.75) is 32.2 Å². The van der Waals surface area contributed by atoms with Crippen LogP contribution in [0.5, 0.6) is 0 Å². The summed E-state index contributed by atoms with van der Waals surface area (Å²) in [4.78, 5) is 6.98. The number of anilines is 1. The van der Waals surface area contributed by atoms with Crippen LogP contribution in [-0.4, -0.2) is 31.0 Å². The van der Waals surface area contributed by atoms with Gasteiger partial charge in [0.1, 0.15) is 0 Å². The van der Waals surface area contributed by atoms with E-state index in [4.69, 9.17) is 5.73 Å². The third kappa shape index (κ3) is 2.89. The summed E-state index contributed by atoms with van der Waals surface area (Å²) in [6.07, 6.45) is -2.38. The molecule has 6 heteroatoms. The van der Waals surface area contributed by atoms with Crippen molar-refractivity contribution in [2.24, 2.45) is 5.73 Å². The van der Waals surface area contributed by atoms with E-state index < -0.39 is 12.0 Å². The summed E-state index contributed by atoms with van der Waals surface area (Å²) < 4.78 is 25.3. The summed E-state index contributed by atoms with van der Waals surface area (Å²) in [5.41, 5.74) is 4.86. The van der Waals surface area contributed by atoms with Crippen molar-refractivity contribution in [3.8, 4) is 0 Å². The van der Waals surface area contributed by atoms with E-state index in [2.05, 4.69) is 4.98 Å². The van der Waals surface area contributed by atoms with E-state index in [1.807, 2.05) is 25.9 Å². The number of alkyl halides is 2. The van der Waals surface area contributed by atoms with Gasteiger partial charge in [-0.2, -0.15) is 0 Å². The Labute approximate surface area is 98.3 Å². The molecule has 16 heavy (non-hydrogen) atoms. The largest absolute Gasteiger partial charge is 0.354 e. The molecule has 0 amide bonds. The first-order valence-corrected chi connectivity index (χ1v) is 5.76. The highest BCUT2D eigenvalue weighted by Crippen LogP contribution is 2.29. The quantitative estimate of drug-likeness (QED) is 0.888. The lowest BCUT2D eigenvalue weighted by atomic mass is 9.98. The fourth-order valence-corrected chi connectivity index (χ4v) is 2.35. The molecule has 2 N–H and O–H groups in total. The van der Waals surface area contributed by atoms with Crippen molar-refractivity contribution in [2.75, 3.05) is 19.0 Å². The predicted molar refractivity (Wildman–Crippen MR) is 63.5 cm³/mol. The van der Waals surface area contributed by atoms with Gasteiger partial charge in [-0.3, -0.25) is 0 Å². The topological polar surface area (TPSA) is 42.2 Å². The minimum atomic E-state index is -2.53. The third-order valence-corrected chi connectivity index (χ3v) is 3.63. The Bertz CT molecular complexity index is 361. The first kappa shape index (κ1) is 13.3. The molecule has 1 heterocycles. The standard InChI is InChI=1S/C10H17F2N3S/c1-6-7(5-10(2,13)8(11)12)16-9(14-6)15(3)4/h8H,5,13H2,1-4H3. The Morgan fingerprint density at radius 2 is 2.06 bits per heavy atom. The molecule has 0 saturated carbocycles. The van der Waals surface area contributed by atoms with Gasteiger partial charge in [0.15, 0.2) is 5.13 Å². The highest BCUT2D eigenvalue weighted by atomic mass is 32.1. The first-order chi connectivity index (χ1) is 7.24. The van der Waals surface area contributed by atoms with Crippen molar-refractivity contribution in [3.05, 3.63) is 10.6 Å². The van der Waals surface area contributed by atoms with E-state index in [-0.39, 0.29) is 6.42 Å². The van der Waals surface area contributed by atoms with E-state index in [1.165, 1.54) is 18.3 Å². The Kier molecular flexibility index (Phi) is 3.85. The van der Waals surface area contributed by atoms with Crippen LogP contribution in [0.2, 0.25) is 0 Å². The summed E-state index contributed by atoms with van der Waals surface area (Å²) in [7, 11) is 3.74. The highest BCUT2D eigenvalue weighted by Gasteiger charge is 2.32. The molecule has 0 aliphatic heterocycles. The summed E-state index contributed by atoms with van der Waals surface area (Å²) in [6.45, 7) is 3.19. The maximum Gasteiger partial charge on any atom is 0.256 e. The lowest BCUT2D eigenvalue weighted by molar-refractivity contribution is 0.0643. The monoisotopic (exact) mass is 249 g/mol. The molecule has 0 spiro atoms. The van der Waals surface area contributed by atoms with Crippen molar-refractivity contribution in [1.29, 1.82) is 0 Å². The Hall–Kier alpha value is -0.750. The number of nitrogens with zero attached hydrogens (tertiary/aromatic N) is 2. The van der Waals surface area contributed by atoms with Crippen LogP contribution in [0.4, 0.5) is 13.9 Å². The molecule has 0 bridgehead atoms. The smallest absolute Gasteiger partial charge is 0.256 e. The highest BCUT2D eigenvalue weighted by molar-refractivity contribution is 7.15. The van der Waals surface area contributed by atoms with Gasteiger partial charge in [-0.25, -0.2) is 13.8 Å². The van der Waals surface area contributed by atoms with Crippen LogP contribution in [0.25, 0.3) is 0 Å². The Morgan fingerprint density at radius 1 is 1.50 bits per heavy atom. The molecule has 92 valence electrons. The maximum atomic E-state index is 12.6. The molecule has 1 aromatic rings. The second-order valence-corrected chi connectivity index (χ2v) is 5.44. The molecule has 1 atom stereocenters. The van der Waals surface area contributed by atoms with Gasteiger partial charge in [0.05, 0.1) is 11.2 Å². The molecule has 0 aliphatic carbocycles. The zero-order valence-electron chi connectivity index (χ0n) is 9.92. The van der Waals surface area contributed by atoms with Gasteiger partial charge in [0.25, 0.3) is 6.43 Å². The summed E-state index contributed by atoms with van der Waals surface area (Å²) in [5.74, 6) is 0. The molecule has 1 unspecified atom stereocenters. The normalized spacial score (nSPS) is 15.2. The van der Waals surface area contributed by atoms with E-state index in [0.717, 1.165) is 15.7 Å². The molecule has 0 fully saturated rings. The van der Waals surface area contributed by atoms with Gasteiger partial charge in [-0.15, -0.1) is 11.3 Å². The molecular weight excluding hydrogens is 232 g/mol. The van der Waals surface area contributed by atoms with Crippen molar-refractivity contribution >= 4 is 16.5 Å². The van der Waals surface area contributed by atoms with Crippen molar-refractivity contribution < 1.29 is 8.78 Å². The second kappa shape index (κ2) is 4.63. The molecule has 3 nitrogen and oxygen atoms in total. The molecular formula is C10H17F2N3S. The average Bonchev–Trinajstić information content (AvgIpc) is 2.47. The third-order valence-electron chi connectivity index (χ3n) is 2.30. The van der Waals surface area contributed by atoms with Crippen LogP contribution in [0.15, 0.2) is 0 Å². The number of aryl methyl sites for hydroxylation is 1. The Morgan fingerprint density at radius 3 is 2.44 bits per heavy atom. The predicted octanol–water partition coefficient (Wildman–Crippen LogP) is 2.04. The van der Waals surface area contributed by atoms with Gasteiger partial charge in [-0.1, -0.05) is 0 Å². The molecule has 0 radical (unpaired) electrons. The molecule has 1 aromatic heterocycles. The summed E-state index contributed by atoms with van der Waals surface area (Å²) in [5, 5.41) is 0.817. The van der Waals surface area contributed by atoms with Crippen LogP contribution in [-0.2, 0) is 6.42 Å². The van der Waals surface area contributed by atoms with Gasteiger partial charge < -0.3 is 10.6 Å². The number of halogens is 2. The second-order valence-electron chi connectivity index (χ2n) is 4.38. The number of hydrogen-bond donors (Lipinski definition) is 1. The molecule has 0 saturated heterocycles. The van der Waals surface area contributed by atoms with E-state index in [0.29, 0.717) is 0 Å². The van der Waals surface area contributed by atoms with Crippen molar-refractivity contribution in [1.82, 2.24) is 4.98 Å². The van der Waals surface area contributed by atoms with Crippen LogP contribution in [0, 0.1) is 6.92 Å². The van der Waals surface area contributed by atoms with E-state index in [1.54, 1.807) is 0 Å². The maximum absolute atomic E-state index is 12.6.